The second-order valence-electron chi connectivity index (χ2n) is 4.58. The number of hydrogen-bond acceptors (Lipinski definition) is 4. The molecule has 0 spiro atoms. The van der Waals surface area contributed by atoms with Crippen LogP contribution in [0, 0.1) is 6.92 Å². The molecule has 106 valence electrons. The summed E-state index contributed by atoms with van der Waals surface area (Å²) in [6.07, 6.45) is 1.21. The zero-order valence-electron chi connectivity index (χ0n) is 11.8. The average Bonchev–Trinajstić information content (AvgIpc) is 2.36. The van der Waals surface area contributed by atoms with Crippen molar-refractivity contribution in [2.45, 2.75) is 39.7 Å². The van der Waals surface area contributed by atoms with Gasteiger partial charge in [0.25, 0.3) is 0 Å². The van der Waals surface area contributed by atoms with E-state index in [0.717, 1.165) is 18.4 Å². The van der Waals surface area contributed by atoms with Gasteiger partial charge < -0.3 is 14.6 Å². The third-order valence-electron chi connectivity index (χ3n) is 2.73. The summed E-state index contributed by atoms with van der Waals surface area (Å²) >= 11 is 0. The fraction of sp³-hybridized carbons (Fsp3) is 0.533. The standard InChI is InChI=1S/C15H22O4/c1-4-5-8-18-15(17)10-19-14-9-11(2)6-7-13(14)12(3)16/h6-7,9,12,16H,4-5,8,10H2,1-3H3/t12-/m1/s1. The van der Waals surface area contributed by atoms with E-state index in [0.29, 0.717) is 17.9 Å². The molecular formula is C15H22O4. The number of benzene rings is 1. The quantitative estimate of drug-likeness (QED) is 0.609. The molecule has 0 fully saturated rings. The van der Waals surface area contributed by atoms with Crippen molar-refractivity contribution in [1.29, 1.82) is 0 Å². The van der Waals surface area contributed by atoms with Crippen molar-refractivity contribution in [1.82, 2.24) is 0 Å². The summed E-state index contributed by atoms with van der Waals surface area (Å²) in [7, 11) is 0. The Bertz CT molecular complexity index is 413. The topological polar surface area (TPSA) is 55.8 Å². The Morgan fingerprint density at radius 1 is 1.42 bits per heavy atom. The number of hydrogen-bond donors (Lipinski definition) is 1. The Morgan fingerprint density at radius 3 is 2.79 bits per heavy atom. The second-order valence-corrected chi connectivity index (χ2v) is 4.58. The van der Waals surface area contributed by atoms with Crippen LogP contribution in [-0.2, 0) is 9.53 Å². The van der Waals surface area contributed by atoms with Gasteiger partial charge in [0, 0.05) is 5.56 Å². The lowest BCUT2D eigenvalue weighted by Crippen LogP contribution is -2.16. The molecule has 0 amide bonds. The van der Waals surface area contributed by atoms with Crippen molar-refractivity contribution in [3.63, 3.8) is 0 Å². The molecule has 1 N–H and O–H groups in total. The molecule has 0 aliphatic carbocycles. The lowest BCUT2D eigenvalue weighted by molar-refractivity contribution is -0.146. The third kappa shape index (κ3) is 5.30. The highest BCUT2D eigenvalue weighted by Gasteiger charge is 2.11. The third-order valence-corrected chi connectivity index (χ3v) is 2.73. The van der Waals surface area contributed by atoms with E-state index >= 15 is 0 Å². The maximum Gasteiger partial charge on any atom is 0.344 e. The van der Waals surface area contributed by atoms with E-state index in [4.69, 9.17) is 9.47 Å². The molecule has 1 aromatic carbocycles. The minimum Gasteiger partial charge on any atom is -0.482 e. The maximum absolute atomic E-state index is 11.4. The predicted octanol–water partition coefficient (Wildman–Crippen LogP) is 2.77. The number of aliphatic hydroxyl groups is 1. The van der Waals surface area contributed by atoms with Gasteiger partial charge in [0.15, 0.2) is 6.61 Å². The molecule has 1 rings (SSSR count). The first kappa shape index (κ1) is 15.5. The highest BCUT2D eigenvalue weighted by atomic mass is 16.6. The molecule has 0 aliphatic rings. The van der Waals surface area contributed by atoms with E-state index in [1.165, 1.54) is 0 Å². The molecule has 0 heterocycles. The van der Waals surface area contributed by atoms with Crippen LogP contribution in [0.1, 0.15) is 43.9 Å². The van der Waals surface area contributed by atoms with Crippen LogP contribution in [0.5, 0.6) is 5.75 Å². The zero-order valence-corrected chi connectivity index (χ0v) is 11.8. The number of carbonyl (C=O) groups is 1. The number of ether oxygens (including phenoxy) is 2. The minimum absolute atomic E-state index is 0.132. The molecule has 4 nitrogen and oxygen atoms in total. The first-order chi connectivity index (χ1) is 9.04. The number of aliphatic hydroxyl groups excluding tert-OH is 1. The Balaban J connectivity index is 2.56. The molecule has 1 aromatic rings. The Labute approximate surface area is 114 Å². The lowest BCUT2D eigenvalue weighted by Gasteiger charge is -2.13. The smallest absolute Gasteiger partial charge is 0.344 e. The van der Waals surface area contributed by atoms with E-state index in [9.17, 15) is 9.90 Å². The van der Waals surface area contributed by atoms with Gasteiger partial charge in [-0.25, -0.2) is 4.79 Å². The van der Waals surface area contributed by atoms with E-state index in [1.807, 2.05) is 19.9 Å². The van der Waals surface area contributed by atoms with Crippen LogP contribution < -0.4 is 4.74 Å². The summed E-state index contributed by atoms with van der Waals surface area (Å²) in [6.45, 7) is 5.92. The zero-order chi connectivity index (χ0) is 14.3. The highest BCUT2D eigenvalue weighted by Crippen LogP contribution is 2.26. The average molecular weight is 266 g/mol. The molecule has 19 heavy (non-hydrogen) atoms. The van der Waals surface area contributed by atoms with Gasteiger partial charge >= 0.3 is 5.97 Å². The van der Waals surface area contributed by atoms with Gasteiger partial charge in [-0.15, -0.1) is 0 Å². The first-order valence-corrected chi connectivity index (χ1v) is 6.61. The van der Waals surface area contributed by atoms with Crippen molar-refractivity contribution >= 4 is 5.97 Å². The number of rotatable bonds is 7. The summed E-state index contributed by atoms with van der Waals surface area (Å²) in [5.41, 5.74) is 1.69. The summed E-state index contributed by atoms with van der Waals surface area (Å²) in [5, 5.41) is 9.64. The molecule has 1 atom stereocenters. The number of carbonyl (C=O) groups excluding carboxylic acids is 1. The summed E-state index contributed by atoms with van der Waals surface area (Å²) < 4.78 is 10.4. The Kier molecular flexibility index (Phi) is 6.36. The number of aryl methyl sites for hydroxylation is 1. The van der Waals surface area contributed by atoms with Crippen molar-refractivity contribution in [3.05, 3.63) is 29.3 Å². The number of esters is 1. The van der Waals surface area contributed by atoms with Gasteiger partial charge in [0.05, 0.1) is 12.7 Å². The van der Waals surface area contributed by atoms with E-state index < -0.39 is 6.10 Å². The first-order valence-electron chi connectivity index (χ1n) is 6.61. The Hall–Kier alpha value is -1.55. The van der Waals surface area contributed by atoms with E-state index in [2.05, 4.69) is 0 Å². The lowest BCUT2D eigenvalue weighted by atomic mass is 10.1. The minimum atomic E-state index is -0.633. The van der Waals surface area contributed by atoms with Gasteiger partial charge in [-0.05, 0) is 31.9 Å². The molecule has 0 saturated heterocycles. The maximum atomic E-state index is 11.4. The molecule has 4 heteroatoms. The molecular weight excluding hydrogens is 244 g/mol. The second kappa shape index (κ2) is 7.79. The van der Waals surface area contributed by atoms with Crippen LogP contribution in [0.3, 0.4) is 0 Å². The van der Waals surface area contributed by atoms with E-state index in [1.54, 1.807) is 19.1 Å². The molecule has 0 saturated carbocycles. The highest BCUT2D eigenvalue weighted by molar-refractivity contribution is 5.71. The van der Waals surface area contributed by atoms with Gasteiger partial charge in [0.1, 0.15) is 5.75 Å². The summed E-state index contributed by atoms with van der Waals surface area (Å²) in [4.78, 5) is 11.4. The van der Waals surface area contributed by atoms with Crippen LogP contribution >= 0.6 is 0 Å². The van der Waals surface area contributed by atoms with Gasteiger partial charge in [-0.1, -0.05) is 25.5 Å². The van der Waals surface area contributed by atoms with Gasteiger partial charge in [-0.2, -0.15) is 0 Å². The SMILES string of the molecule is CCCCOC(=O)COc1cc(C)ccc1[C@@H](C)O. The summed E-state index contributed by atoms with van der Waals surface area (Å²) in [5.74, 6) is 0.147. The van der Waals surface area contributed by atoms with Crippen LogP contribution in [0.4, 0.5) is 0 Å². The summed E-state index contributed by atoms with van der Waals surface area (Å²) in [6, 6.07) is 5.51. The van der Waals surface area contributed by atoms with Crippen molar-refractivity contribution in [2.24, 2.45) is 0 Å². The van der Waals surface area contributed by atoms with Crippen LogP contribution in [0.15, 0.2) is 18.2 Å². The van der Waals surface area contributed by atoms with Crippen molar-refractivity contribution < 1.29 is 19.4 Å². The predicted molar refractivity (Wildman–Crippen MR) is 73.2 cm³/mol. The Morgan fingerprint density at radius 2 is 2.16 bits per heavy atom. The van der Waals surface area contributed by atoms with Gasteiger partial charge in [0.2, 0.25) is 0 Å². The fourth-order valence-corrected chi connectivity index (χ4v) is 1.62. The fourth-order valence-electron chi connectivity index (χ4n) is 1.62. The van der Waals surface area contributed by atoms with E-state index in [-0.39, 0.29) is 12.6 Å². The number of unbranched alkanes of at least 4 members (excludes halogenated alkanes) is 1. The largest absolute Gasteiger partial charge is 0.482 e. The van der Waals surface area contributed by atoms with Crippen LogP contribution in [0.2, 0.25) is 0 Å². The normalized spacial score (nSPS) is 12.0. The molecule has 0 aliphatic heterocycles. The van der Waals surface area contributed by atoms with Gasteiger partial charge in [-0.3, -0.25) is 0 Å². The monoisotopic (exact) mass is 266 g/mol. The van der Waals surface area contributed by atoms with Crippen LogP contribution in [-0.4, -0.2) is 24.3 Å². The van der Waals surface area contributed by atoms with Crippen molar-refractivity contribution in [3.8, 4) is 5.75 Å². The molecule has 0 bridgehead atoms. The molecule has 0 aromatic heterocycles. The molecule has 0 unspecified atom stereocenters. The van der Waals surface area contributed by atoms with Crippen LogP contribution in [0.25, 0.3) is 0 Å². The molecule has 0 radical (unpaired) electrons. The van der Waals surface area contributed by atoms with Crippen molar-refractivity contribution in [2.75, 3.05) is 13.2 Å².